The van der Waals surface area contributed by atoms with E-state index in [0.717, 1.165) is 5.75 Å². The van der Waals surface area contributed by atoms with Crippen molar-refractivity contribution in [2.45, 2.75) is 33.1 Å². The molecule has 1 aliphatic carbocycles. The molecule has 0 amide bonds. The van der Waals surface area contributed by atoms with E-state index in [9.17, 15) is 18.8 Å². The van der Waals surface area contributed by atoms with Gasteiger partial charge in [-0.05, 0) is 42.7 Å². The van der Waals surface area contributed by atoms with Gasteiger partial charge in [-0.1, -0.05) is 26.0 Å². The van der Waals surface area contributed by atoms with E-state index in [1.807, 2.05) is 13.8 Å². The fourth-order valence-corrected chi connectivity index (χ4v) is 4.84. The van der Waals surface area contributed by atoms with Crippen LogP contribution in [0.15, 0.2) is 46.8 Å². The molecule has 0 bridgehead atoms. The molecule has 2 aliphatic rings. The first-order valence-electron chi connectivity index (χ1n) is 10.6. The Balaban J connectivity index is 2.06. The molecule has 32 heavy (non-hydrogen) atoms. The first kappa shape index (κ1) is 24.0. The number of benzene rings is 1. The lowest BCUT2D eigenvalue weighted by atomic mass is 9.69. The summed E-state index contributed by atoms with van der Waals surface area (Å²) in [6.45, 7) is 5.85. The maximum atomic E-state index is 13.6. The first-order valence-corrected chi connectivity index (χ1v) is 11.8. The molecule has 6 nitrogen and oxygen atoms in total. The highest BCUT2D eigenvalue weighted by Crippen LogP contribution is 2.45. The topological polar surface area (TPSA) is 81.7 Å². The molecule has 0 spiro atoms. The summed E-state index contributed by atoms with van der Waals surface area (Å²) in [5.74, 6) is -2.34. The van der Waals surface area contributed by atoms with E-state index in [1.54, 1.807) is 30.8 Å². The first-order chi connectivity index (χ1) is 15.3. The minimum Gasteiger partial charge on any atom is -0.468 e. The van der Waals surface area contributed by atoms with Crippen molar-refractivity contribution in [1.82, 2.24) is 5.32 Å². The summed E-state index contributed by atoms with van der Waals surface area (Å²) in [6.07, 6.45) is 0.450. The van der Waals surface area contributed by atoms with Crippen molar-refractivity contribution in [2.24, 2.45) is 11.8 Å². The zero-order valence-electron chi connectivity index (χ0n) is 18.7. The quantitative estimate of drug-likeness (QED) is 0.376. The molecule has 8 heteroatoms. The highest BCUT2D eigenvalue weighted by atomic mass is 32.2. The molecule has 3 rings (SSSR count). The van der Waals surface area contributed by atoms with Crippen molar-refractivity contribution >= 4 is 29.5 Å². The fourth-order valence-electron chi connectivity index (χ4n) is 4.36. The van der Waals surface area contributed by atoms with Gasteiger partial charge in [0.25, 0.3) is 0 Å². The van der Waals surface area contributed by atoms with Gasteiger partial charge >= 0.3 is 11.9 Å². The molecule has 0 unspecified atom stereocenters. The van der Waals surface area contributed by atoms with Gasteiger partial charge in [0.15, 0.2) is 5.78 Å². The van der Waals surface area contributed by atoms with Crippen molar-refractivity contribution in [3.63, 3.8) is 0 Å². The number of methoxy groups -OCH3 is 1. The number of ether oxygens (including phenoxy) is 2. The number of thioether (sulfide) groups is 1. The highest BCUT2D eigenvalue weighted by Gasteiger charge is 2.47. The smallest absolute Gasteiger partial charge is 0.336 e. The number of ketones is 1. The maximum absolute atomic E-state index is 13.6. The lowest BCUT2D eigenvalue weighted by Crippen LogP contribution is -2.43. The Bertz CT molecular complexity index is 969. The van der Waals surface area contributed by atoms with Crippen molar-refractivity contribution in [1.29, 1.82) is 0 Å². The summed E-state index contributed by atoms with van der Waals surface area (Å²) in [6, 6.07) is 5.70. The minimum atomic E-state index is -0.958. The summed E-state index contributed by atoms with van der Waals surface area (Å²) in [7, 11) is 1.25. The molecule has 1 N–H and O–H groups in total. The third-order valence-corrected chi connectivity index (χ3v) is 6.69. The number of allylic oxidation sites excluding steroid dienone is 3. The van der Waals surface area contributed by atoms with Crippen LogP contribution in [0.4, 0.5) is 4.39 Å². The second kappa shape index (κ2) is 10.3. The lowest BCUT2D eigenvalue weighted by molar-refractivity contribution is -0.151. The van der Waals surface area contributed by atoms with Gasteiger partial charge < -0.3 is 14.8 Å². The predicted octanol–water partition coefficient (Wildman–Crippen LogP) is 3.74. The molecule has 1 heterocycles. The van der Waals surface area contributed by atoms with Gasteiger partial charge in [0.05, 0.1) is 12.7 Å². The molecular formula is C24H28FNO5S. The number of nitrogens with one attached hydrogen (secondary N) is 1. The second-order valence-electron chi connectivity index (χ2n) is 7.92. The lowest BCUT2D eigenvalue weighted by Gasteiger charge is -2.38. The van der Waals surface area contributed by atoms with E-state index in [-0.39, 0.29) is 18.3 Å². The van der Waals surface area contributed by atoms with E-state index >= 15 is 0 Å². The molecule has 1 aromatic carbocycles. The van der Waals surface area contributed by atoms with Gasteiger partial charge in [-0.15, -0.1) is 0 Å². The summed E-state index contributed by atoms with van der Waals surface area (Å²) in [5.41, 5.74) is 2.48. The number of rotatable bonds is 7. The summed E-state index contributed by atoms with van der Waals surface area (Å²) < 4.78 is 24.0. The molecule has 0 aromatic heterocycles. The Hall–Kier alpha value is -2.61. The van der Waals surface area contributed by atoms with Crippen LogP contribution in [0.5, 0.6) is 0 Å². The summed E-state index contributed by atoms with van der Waals surface area (Å²) in [4.78, 5) is 39.0. The summed E-state index contributed by atoms with van der Waals surface area (Å²) in [5, 5.41) is 3.21. The third-order valence-electron chi connectivity index (χ3n) is 5.83. The Morgan fingerprint density at radius 3 is 2.56 bits per heavy atom. The van der Waals surface area contributed by atoms with Crippen molar-refractivity contribution in [3.8, 4) is 0 Å². The number of dihydropyridines is 1. The molecule has 0 fully saturated rings. The predicted molar refractivity (Wildman–Crippen MR) is 120 cm³/mol. The Labute approximate surface area is 191 Å². The number of halogens is 1. The standard InChI is InChI=1S/C24H28FNO5S/c1-5-32-11-10-31-24(29)19-14(3)26-17-12-13(2)18(23(28)30-4)22(27)21(17)20(19)15-6-8-16(25)9-7-15/h6-9,13,18,20,26H,5,10-12H2,1-4H3/t13-,18+,20-/m0/s1. The summed E-state index contributed by atoms with van der Waals surface area (Å²) >= 11 is 1.66. The van der Waals surface area contributed by atoms with Crippen LogP contribution in [0.25, 0.3) is 0 Å². The number of carbonyl (C=O) groups is 3. The van der Waals surface area contributed by atoms with Gasteiger partial charge in [-0.25, -0.2) is 9.18 Å². The number of hydrogen-bond donors (Lipinski definition) is 1. The molecular weight excluding hydrogens is 433 g/mol. The Morgan fingerprint density at radius 2 is 1.94 bits per heavy atom. The number of carbonyl (C=O) groups excluding carboxylic acids is 3. The zero-order valence-corrected chi connectivity index (χ0v) is 19.5. The normalized spacial score (nSPS) is 22.9. The average Bonchev–Trinajstić information content (AvgIpc) is 2.76. The maximum Gasteiger partial charge on any atom is 0.336 e. The van der Waals surface area contributed by atoms with Gasteiger partial charge in [-0.2, -0.15) is 11.8 Å². The van der Waals surface area contributed by atoms with Crippen molar-refractivity contribution < 1.29 is 28.2 Å². The van der Waals surface area contributed by atoms with Crippen LogP contribution in [0.2, 0.25) is 0 Å². The number of esters is 2. The SMILES string of the molecule is CCSCCOC(=O)C1=C(C)NC2=C(C(=O)[C@H](C(=O)OC)[C@@H](C)C2)[C@H]1c1ccc(F)cc1. The van der Waals surface area contributed by atoms with Crippen molar-refractivity contribution in [3.05, 3.63) is 58.2 Å². The average molecular weight is 462 g/mol. The van der Waals surface area contributed by atoms with E-state index in [4.69, 9.17) is 9.47 Å². The van der Waals surface area contributed by atoms with Gasteiger partial charge in [0, 0.05) is 28.6 Å². The molecule has 0 radical (unpaired) electrons. The molecule has 1 aromatic rings. The number of hydrogen-bond acceptors (Lipinski definition) is 7. The van der Waals surface area contributed by atoms with Crippen LogP contribution in [0, 0.1) is 17.7 Å². The van der Waals surface area contributed by atoms with E-state index in [1.165, 1.54) is 19.2 Å². The second-order valence-corrected chi connectivity index (χ2v) is 9.31. The largest absolute Gasteiger partial charge is 0.468 e. The fraction of sp³-hybridized carbons (Fsp3) is 0.458. The molecule has 172 valence electrons. The Morgan fingerprint density at radius 1 is 1.25 bits per heavy atom. The third kappa shape index (κ3) is 4.75. The highest BCUT2D eigenvalue weighted by molar-refractivity contribution is 7.99. The van der Waals surface area contributed by atoms with E-state index < -0.39 is 29.6 Å². The van der Waals surface area contributed by atoms with Crippen LogP contribution in [-0.4, -0.2) is 42.9 Å². The molecule has 0 saturated heterocycles. The monoisotopic (exact) mass is 461 g/mol. The van der Waals surface area contributed by atoms with Crippen molar-refractivity contribution in [2.75, 3.05) is 25.2 Å². The van der Waals surface area contributed by atoms with Crippen LogP contribution < -0.4 is 5.32 Å². The minimum absolute atomic E-state index is 0.242. The van der Waals surface area contributed by atoms with Crippen LogP contribution in [0.1, 0.15) is 38.7 Å². The molecule has 3 atom stereocenters. The van der Waals surface area contributed by atoms with E-state index in [2.05, 4.69) is 5.32 Å². The molecule has 1 aliphatic heterocycles. The zero-order chi connectivity index (χ0) is 23.4. The Kier molecular flexibility index (Phi) is 7.77. The van der Waals surface area contributed by atoms with Gasteiger partial charge in [0.2, 0.25) is 0 Å². The van der Waals surface area contributed by atoms with Gasteiger partial charge in [-0.3, -0.25) is 9.59 Å². The van der Waals surface area contributed by atoms with E-state index in [0.29, 0.717) is 40.3 Å². The van der Waals surface area contributed by atoms with Gasteiger partial charge in [0.1, 0.15) is 18.3 Å². The van der Waals surface area contributed by atoms with Crippen LogP contribution in [0.3, 0.4) is 0 Å². The number of Topliss-reactive ketones (excluding diaryl/α,β-unsaturated/α-hetero) is 1. The van der Waals surface area contributed by atoms with Crippen LogP contribution in [-0.2, 0) is 23.9 Å². The molecule has 0 saturated carbocycles. The van der Waals surface area contributed by atoms with Crippen LogP contribution >= 0.6 is 11.8 Å².